The Balaban J connectivity index is 1.54. The molecule has 25 heavy (non-hydrogen) atoms. The number of ether oxygens (including phenoxy) is 1. The van der Waals surface area contributed by atoms with Crippen LogP contribution in [0.4, 0.5) is 13.2 Å². The van der Waals surface area contributed by atoms with E-state index in [1.165, 1.54) is 12.3 Å². The lowest BCUT2D eigenvalue weighted by Crippen LogP contribution is -2.33. The Labute approximate surface area is 142 Å². The van der Waals surface area contributed by atoms with Gasteiger partial charge in [0.2, 0.25) is 17.7 Å². The molecule has 1 aliphatic carbocycles. The molecule has 2 heterocycles. The van der Waals surface area contributed by atoms with Crippen molar-refractivity contribution in [3.05, 3.63) is 23.9 Å². The zero-order valence-corrected chi connectivity index (χ0v) is 13.4. The summed E-state index contributed by atoms with van der Waals surface area (Å²) in [6.07, 6.45) is -1.01. The van der Waals surface area contributed by atoms with E-state index in [2.05, 4.69) is 15.0 Å². The minimum atomic E-state index is -4.46. The molecule has 0 bridgehead atoms. The molecule has 1 aliphatic heterocycles. The number of nitrogens with one attached hydrogen (secondary N) is 1. The van der Waals surface area contributed by atoms with E-state index in [1.54, 1.807) is 11.0 Å². The van der Waals surface area contributed by atoms with Crippen molar-refractivity contribution in [2.45, 2.75) is 38.0 Å². The van der Waals surface area contributed by atoms with Crippen LogP contribution in [0.3, 0.4) is 0 Å². The van der Waals surface area contributed by atoms with Crippen LogP contribution in [0.15, 0.2) is 18.3 Å². The maximum Gasteiger partial charge on any atom is 0.422 e. The van der Waals surface area contributed by atoms with Crippen molar-refractivity contribution in [3.63, 3.8) is 0 Å². The van der Waals surface area contributed by atoms with Crippen LogP contribution in [0.5, 0.6) is 5.88 Å². The molecule has 3 rings (SSSR count). The van der Waals surface area contributed by atoms with Gasteiger partial charge in [-0.1, -0.05) is 6.07 Å². The van der Waals surface area contributed by atoms with Crippen molar-refractivity contribution >= 4 is 11.8 Å². The normalized spacial score (nSPS) is 20.7. The van der Waals surface area contributed by atoms with Crippen molar-refractivity contribution in [1.29, 1.82) is 0 Å². The second-order valence-corrected chi connectivity index (χ2v) is 6.27. The minimum absolute atomic E-state index is 0.00597. The van der Waals surface area contributed by atoms with Gasteiger partial charge in [0, 0.05) is 37.3 Å². The molecule has 1 aromatic heterocycles. The third kappa shape index (κ3) is 4.61. The van der Waals surface area contributed by atoms with E-state index >= 15 is 0 Å². The number of likely N-dealkylation sites (tertiary alicyclic amines) is 1. The highest BCUT2D eigenvalue weighted by molar-refractivity contribution is 5.89. The molecular weight excluding hydrogens is 339 g/mol. The van der Waals surface area contributed by atoms with Crippen molar-refractivity contribution in [2.24, 2.45) is 5.92 Å². The highest BCUT2D eigenvalue weighted by atomic mass is 19.4. The maximum absolute atomic E-state index is 12.3. The predicted molar refractivity (Wildman–Crippen MR) is 80.5 cm³/mol. The molecule has 0 aromatic carbocycles. The molecule has 0 spiro atoms. The van der Waals surface area contributed by atoms with E-state index in [-0.39, 0.29) is 36.7 Å². The van der Waals surface area contributed by atoms with Gasteiger partial charge in [-0.05, 0) is 18.9 Å². The van der Waals surface area contributed by atoms with Gasteiger partial charge < -0.3 is 15.0 Å². The molecule has 1 saturated carbocycles. The van der Waals surface area contributed by atoms with Crippen LogP contribution in [-0.2, 0) is 16.1 Å². The summed E-state index contributed by atoms with van der Waals surface area (Å²) in [7, 11) is 0. The molecule has 1 aromatic rings. The number of amides is 2. The Morgan fingerprint density at radius 1 is 1.40 bits per heavy atom. The Hall–Kier alpha value is -2.32. The largest absolute Gasteiger partial charge is 0.468 e. The lowest BCUT2D eigenvalue weighted by molar-refractivity contribution is -0.154. The summed E-state index contributed by atoms with van der Waals surface area (Å²) in [6.45, 7) is -1.05. The fourth-order valence-electron chi connectivity index (χ4n) is 2.81. The lowest BCUT2D eigenvalue weighted by Gasteiger charge is -2.16. The van der Waals surface area contributed by atoms with Gasteiger partial charge in [-0.25, -0.2) is 4.98 Å². The van der Waals surface area contributed by atoms with Crippen LogP contribution in [0.25, 0.3) is 0 Å². The topological polar surface area (TPSA) is 71.5 Å². The van der Waals surface area contributed by atoms with Gasteiger partial charge in [0.15, 0.2) is 6.61 Å². The molecule has 136 valence electrons. The lowest BCUT2D eigenvalue weighted by atomic mass is 10.1. The second kappa shape index (κ2) is 6.89. The van der Waals surface area contributed by atoms with Crippen molar-refractivity contribution in [1.82, 2.24) is 15.2 Å². The second-order valence-electron chi connectivity index (χ2n) is 6.27. The average Bonchev–Trinajstić information content (AvgIpc) is 3.33. The first kappa shape index (κ1) is 17.5. The summed E-state index contributed by atoms with van der Waals surface area (Å²) in [5, 5.41) is 2.66. The Kier molecular flexibility index (Phi) is 4.82. The van der Waals surface area contributed by atoms with E-state index in [9.17, 15) is 22.8 Å². The molecule has 0 radical (unpaired) electrons. The fourth-order valence-corrected chi connectivity index (χ4v) is 2.81. The number of nitrogens with zero attached hydrogens (tertiary/aromatic N) is 2. The van der Waals surface area contributed by atoms with E-state index in [0.29, 0.717) is 12.1 Å². The summed E-state index contributed by atoms with van der Waals surface area (Å²) in [6, 6.07) is 3.36. The van der Waals surface area contributed by atoms with E-state index < -0.39 is 18.7 Å². The number of aromatic nitrogens is 1. The number of rotatable bonds is 6. The number of pyridine rings is 1. The minimum Gasteiger partial charge on any atom is -0.468 e. The standard InChI is InChI=1S/C16H18F3N3O3/c17-16(18,19)9-25-15-10(2-1-5-20-15)7-21-14(24)11-6-13(23)22(8-11)12-3-4-12/h1-2,5,11-12H,3-4,6-9H2,(H,21,24)/t11-/m0/s1. The monoisotopic (exact) mass is 357 g/mol. The van der Waals surface area contributed by atoms with Crippen LogP contribution >= 0.6 is 0 Å². The smallest absolute Gasteiger partial charge is 0.422 e. The highest BCUT2D eigenvalue weighted by Crippen LogP contribution is 2.32. The summed E-state index contributed by atoms with van der Waals surface area (Å²) in [5.74, 6) is -0.896. The van der Waals surface area contributed by atoms with E-state index in [0.717, 1.165) is 12.8 Å². The fraction of sp³-hybridized carbons (Fsp3) is 0.562. The van der Waals surface area contributed by atoms with Gasteiger partial charge in [-0.2, -0.15) is 13.2 Å². The van der Waals surface area contributed by atoms with Crippen molar-refractivity contribution < 1.29 is 27.5 Å². The van der Waals surface area contributed by atoms with Crippen LogP contribution in [0.2, 0.25) is 0 Å². The third-order valence-electron chi connectivity index (χ3n) is 4.19. The first-order valence-electron chi connectivity index (χ1n) is 8.04. The molecule has 1 N–H and O–H groups in total. The summed E-state index contributed by atoms with van der Waals surface area (Å²) < 4.78 is 41.5. The number of halogens is 3. The van der Waals surface area contributed by atoms with Gasteiger partial charge in [0.1, 0.15) is 0 Å². The SMILES string of the molecule is O=C(NCc1cccnc1OCC(F)(F)F)[C@H]1CC(=O)N(C2CC2)C1. The Bertz CT molecular complexity index is 662. The number of carbonyl (C=O) groups is 2. The third-order valence-corrected chi connectivity index (χ3v) is 4.19. The van der Waals surface area contributed by atoms with Crippen molar-refractivity contribution in [3.8, 4) is 5.88 Å². The van der Waals surface area contributed by atoms with Gasteiger partial charge >= 0.3 is 6.18 Å². The predicted octanol–water partition coefficient (Wildman–Crippen LogP) is 1.65. The summed E-state index contributed by atoms with van der Waals surface area (Å²) in [5.41, 5.74) is 0.350. The van der Waals surface area contributed by atoms with Crippen LogP contribution in [0.1, 0.15) is 24.8 Å². The van der Waals surface area contributed by atoms with Gasteiger partial charge in [-0.3, -0.25) is 9.59 Å². The molecule has 9 heteroatoms. The maximum atomic E-state index is 12.3. The Morgan fingerprint density at radius 3 is 2.84 bits per heavy atom. The summed E-state index contributed by atoms with van der Waals surface area (Å²) in [4.78, 5) is 29.7. The van der Waals surface area contributed by atoms with Gasteiger partial charge in [-0.15, -0.1) is 0 Å². The Morgan fingerprint density at radius 2 is 2.16 bits per heavy atom. The highest BCUT2D eigenvalue weighted by Gasteiger charge is 2.41. The molecule has 2 aliphatic rings. The molecular formula is C16H18F3N3O3. The number of hydrogen-bond acceptors (Lipinski definition) is 4. The first-order chi connectivity index (χ1) is 11.8. The van der Waals surface area contributed by atoms with Crippen molar-refractivity contribution in [2.75, 3.05) is 13.2 Å². The zero-order valence-electron chi connectivity index (χ0n) is 13.4. The van der Waals surface area contributed by atoms with Gasteiger partial charge in [0.25, 0.3) is 0 Å². The molecule has 1 saturated heterocycles. The zero-order chi connectivity index (χ0) is 18.0. The van der Waals surface area contributed by atoms with Gasteiger partial charge in [0.05, 0.1) is 5.92 Å². The number of alkyl halides is 3. The molecule has 2 amide bonds. The summed E-state index contributed by atoms with van der Waals surface area (Å²) >= 11 is 0. The number of carbonyl (C=O) groups excluding carboxylic acids is 2. The van der Waals surface area contributed by atoms with E-state index in [4.69, 9.17) is 0 Å². The molecule has 0 unspecified atom stereocenters. The average molecular weight is 357 g/mol. The quantitative estimate of drug-likeness (QED) is 0.840. The number of hydrogen-bond donors (Lipinski definition) is 1. The molecule has 2 fully saturated rings. The van der Waals surface area contributed by atoms with Crippen LogP contribution < -0.4 is 10.1 Å². The van der Waals surface area contributed by atoms with Crippen LogP contribution in [0, 0.1) is 5.92 Å². The van der Waals surface area contributed by atoms with E-state index in [1.807, 2.05) is 0 Å². The first-order valence-corrected chi connectivity index (χ1v) is 8.04. The molecule has 6 nitrogen and oxygen atoms in total. The molecule has 1 atom stereocenters. The van der Waals surface area contributed by atoms with Crippen LogP contribution in [-0.4, -0.2) is 47.1 Å².